The van der Waals surface area contributed by atoms with Gasteiger partial charge >= 0.3 is 0 Å². The number of Topliss-reactive ketones (excluding diaryl/α,β-unsaturated/α-hetero) is 1. The van der Waals surface area contributed by atoms with Gasteiger partial charge in [-0.25, -0.2) is 9.97 Å². The van der Waals surface area contributed by atoms with Crippen molar-refractivity contribution in [2.45, 2.75) is 64.7 Å². The van der Waals surface area contributed by atoms with Crippen LogP contribution in [0.5, 0.6) is 0 Å². The molecule has 1 fully saturated rings. The first kappa shape index (κ1) is 20.3. The monoisotopic (exact) mass is 360 g/mol. The van der Waals surface area contributed by atoms with Crippen molar-refractivity contribution in [3.63, 3.8) is 0 Å². The maximum absolute atomic E-state index is 11.9. The van der Waals surface area contributed by atoms with Crippen LogP contribution in [-0.2, 0) is 9.59 Å². The molecule has 6 nitrogen and oxygen atoms in total. The van der Waals surface area contributed by atoms with Crippen molar-refractivity contribution in [1.29, 1.82) is 0 Å². The van der Waals surface area contributed by atoms with Gasteiger partial charge in [0.2, 0.25) is 11.7 Å². The molecule has 0 spiro atoms. The lowest BCUT2D eigenvalue weighted by Gasteiger charge is -2.31. The van der Waals surface area contributed by atoms with Crippen LogP contribution in [0.4, 0.5) is 5.95 Å². The molecule has 0 radical (unpaired) electrons. The van der Waals surface area contributed by atoms with Crippen molar-refractivity contribution in [3.8, 4) is 0 Å². The van der Waals surface area contributed by atoms with E-state index in [1.54, 1.807) is 12.4 Å². The molecule has 0 atom stereocenters. The van der Waals surface area contributed by atoms with Gasteiger partial charge in [0, 0.05) is 38.4 Å². The second-order valence-electron chi connectivity index (χ2n) is 7.11. The molecule has 26 heavy (non-hydrogen) atoms. The van der Waals surface area contributed by atoms with Crippen molar-refractivity contribution in [3.05, 3.63) is 18.5 Å². The number of piperidine rings is 1. The standard InChI is InChI=1S/C20H32N4O2/c1-2-3-4-5-6-8-18(25)19(26)21-14-9-17-10-15-24(16-11-17)20-22-12-7-13-23-20/h7,12-13,17H,2-6,8-11,14-16H2,1H3,(H,21,26). The highest BCUT2D eigenvalue weighted by Gasteiger charge is 2.21. The van der Waals surface area contributed by atoms with Gasteiger partial charge in [-0.05, 0) is 37.7 Å². The van der Waals surface area contributed by atoms with Gasteiger partial charge in [-0.1, -0.05) is 32.6 Å². The fraction of sp³-hybridized carbons (Fsp3) is 0.700. The zero-order chi connectivity index (χ0) is 18.6. The predicted molar refractivity (Wildman–Crippen MR) is 103 cm³/mol. The Labute approximate surface area is 156 Å². The number of carbonyl (C=O) groups is 2. The molecule has 1 aliphatic heterocycles. The maximum atomic E-state index is 11.9. The van der Waals surface area contributed by atoms with Crippen LogP contribution >= 0.6 is 0 Å². The maximum Gasteiger partial charge on any atom is 0.287 e. The summed E-state index contributed by atoms with van der Waals surface area (Å²) in [5.41, 5.74) is 0. The van der Waals surface area contributed by atoms with E-state index in [1.807, 2.05) is 6.07 Å². The first-order valence-corrected chi connectivity index (χ1v) is 10.0. The number of amides is 1. The van der Waals surface area contributed by atoms with Gasteiger partial charge < -0.3 is 10.2 Å². The zero-order valence-corrected chi connectivity index (χ0v) is 16.0. The van der Waals surface area contributed by atoms with Gasteiger partial charge in [-0.2, -0.15) is 0 Å². The number of hydrogen-bond donors (Lipinski definition) is 1. The summed E-state index contributed by atoms with van der Waals surface area (Å²) in [6.45, 7) is 4.64. The molecule has 0 saturated carbocycles. The van der Waals surface area contributed by atoms with E-state index >= 15 is 0 Å². The van der Waals surface area contributed by atoms with Crippen LogP contribution in [0, 0.1) is 5.92 Å². The van der Waals surface area contributed by atoms with Crippen LogP contribution < -0.4 is 10.2 Å². The first-order chi connectivity index (χ1) is 12.7. The Balaban J connectivity index is 1.56. The van der Waals surface area contributed by atoms with Crippen LogP contribution in [0.3, 0.4) is 0 Å². The van der Waals surface area contributed by atoms with E-state index in [9.17, 15) is 9.59 Å². The Morgan fingerprint density at radius 3 is 2.50 bits per heavy atom. The predicted octanol–water partition coefficient (Wildman–Crippen LogP) is 3.13. The molecule has 0 aromatic carbocycles. The molecule has 1 N–H and O–H groups in total. The molecule has 0 aliphatic carbocycles. The van der Waals surface area contributed by atoms with Crippen molar-refractivity contribution in [1.82, 2.24) is 15.3 Å². The minimum atomic E-state index is -0.407. The Morgan fingerprint density at radius 2 is 1.81 bits per heavy atom. The summed E-state index contributed by atoms with van der Waals surface area (Å²) in [5.74, 6) is 0.705. The summed E-state index contributed by atoms with van der Waals surface area (Å²) in [7, 11) is 0. The van der Waals surface area contributed by atoms with Crippen molar-refractivity contribution in [2.24, 2.45) is 5.92 Å². The molecule has 1 aromatic rings. The minimum Gasteiger partial charge on any atom is -0.349 e. The van der Waals surface area contributed by atoms with Crippen LogP contribution in [0.15, 0.2) is 18.5 Å². The molecule has 1 aromatic heterocycles. The van der Waals surface area contributed by atoms with Gasteiger partial charge in [0.15, 0.2) is 0 Å². The topological polar surface area (TPSA) is 75.2 Å². The summed E-state index contributed by atoms with van der Waals surface area (Å²) in [4.78, 5) is 34.5. The minimum absolute atomic E-state index is 0.266. The van der Waals surface area contributed by atoms with Gasteiger partial charge in [-0.3, -0.25) is 9.59 Å². The molecule has 144 valence electrons. The van der Waals surface area contributed by atoms with Crippen molar-refractivity contribution in [2.75, 3.05) is 24.5 Å². The highest BCUT2D eigenvalue weighted by Crippen LogP contribution is 2.22. The molecule has 0 unspecified atom stereocenters. The lowest BCUT2D eigenvalue weighted by atomic mass is 9.93. The van der Waals surface area contributed by atoms with E-state index in [0.29, 0.717) is 18.9 Å². The number of anilines is 1. The third-order valence-corrected chi connectivity index (χ3v) is 5.05. The Hall–Kier alpha value is -1.98. The number of hydrogen-bond acceptors (Lipinski definition) is 5. The second kappa shape index (κ2) is 11.6. The molecular weight excluding hydrogens is 328 g/mol. The van der Waals surface area contributed by atoms with Crippen LogP contribution in [0.1, 0.15) is 64.7 Å². The second-order valence-corrected chi connectivity index (χ2v) is 7.11. The van der Waals surface area contributed by atoms with Crippen molar-refractivity contribution >= 4 is 17.6 Å². The Kier molecular flexibility index (Phi) is 9.07. The number of unbranched alkanes of at least 4 members (excludes halogenated alkanes) is 4. The zero-order valence-electron chi connectivity index (χ0n) is 16.0. The lowest BCUT2D eigenvalue weighted by Crippen LogP contribution is -2.37. The fourth-order valence-electron chi connectivity index (χ4n) is 3.37. The summed E-state index contributed by atoms with van der Waals surface area (Å²) >= 11 is 0. The summed E-state index contributed by atoms with van der Waals surface area (Å²) in [6, 6.07) is 1.82. The van der Waals surface area contributed by atoms with Gasteiger partial charge in [0.25, 0.3) is 5.91 Å². The van der Waals surface area contributed by atoms with Crippen LogP contribution in [-0.4, -0.2) is 41.3 Å². The molecule has 1 saturated heterocycles. The summed E-state index contributed by atoms with van der Waals surface area (Å²) in [5, 5.41) is 2.80. The van der Waals surface area contributed by atoms with Crippen LogP contribution in [0.25, 0.3) is 0 Å². The first-order valence-electron chi connectivity index (χ1n) is 10.0. The molecule has 2 heterocycles. The SMILES string of the molecule is CCCCCCCC(=O)C(=O)NCCC1CCN(c2ncccn2)CC1. The molecular formula is C20H32N4O2. The normalized spacial score (nSPS) is 15.0. The van der Waals surface area contributed by atoms with E-state index in [1.165, 1.54) is 12.8 Å². The van der Waals surface area contributed by atoms with Gasteiger partial charge in [0.05, 0.1) is 0 Å². The third-order valence-electron chi connectivity index (χ3n) is 5.05. The molecule has 6 heteroatoms. The highest BCUT2D eigenvalue weighted by molar-refractivity contribution is 6.36. The Bertz CT molecular complexity index is 542. The Morgan fingerprint density at radius 1 is 1.12 bits per heavy atom. The van der Waals surface area contributed by atoms with E-state index in [2.05, 4.69) is 27.1 Å². The molecule has 0 bridgehead atoms. The molecule has 1 amide bonds. The van der Waals surface area contributed by atoms with Crippen molar-refractivity contribution < 1.29 is 9.59 Å². The van der Waals surface area contributed by atoms with E-state index in [0.717, 1.165) is 57.6 Å². The van der Waals surface area contributed by atoms with E-state index in [4.69, 9.17) is 0 Å². The number of nitrogens with zero attached hydrogens (tertiary/aromatic N) is 3. The number of carbonyl (C=O) groups excluding carboxylic acids is 2. The number of rotatable bonds is 11. The highest BCUT2D eigenvalue weighted by atomic mass is 16.2. The van der Waals surface area contributed by atoms with Gasteiger partial charge in [0.1, 0.15) is 0 Å². The lowest BCUT2D eigenvalue weighted by molar-refractivity contribution is -0.138. The van der Waals surface area contributed by atoms with E-state index in [-0.39, 0.29) is 5.78 Å². The smallest absolute Gasteiger partial charge is 0.287 e. The average molecular weight is 361 g/mol. The summed E-state index contributed by atoms with van der Waals surface area (Å²) in [6.07, 6.45) is 12.4. The average Bonchev–Trinajstić information content (AvgIpc) is 2.69. The molecule has 2 rings (SSSR count). The number of nitrogens with one attached hydrogen (secondary N) is 1. The van der Waals surface area contributed by atoms with Gasteiger partial charge in [-0.15, -0.1) is 0 Å². The number of ketones is 1. The quantitative estimate of drug-likeness (QED) is 0.485. The van der Waals surface area contributed by atoms with E-state index < -0.39 is 5.91 Å². The van der Waals surface area contributed by atoms with Crippen LogP contribution in [0.2, 0.25) is 0 Å². The third kappa shape index (κ3) is 7.10. The number of aromatic nitrogens is 2. The largest absolute Gasteiger partial charge is 0.349 e. The summed E-state index contributed by atoms with van der Waals surface area (Å²) < 4.78 is 0. The molecule has 1 aliphatic rings. The fourth-order valence-corrected chi connectivity index (χ4v) is 3.37.